The lowest BCUT2D eigenvalue weighted by molar-refractivity contribution is 0.282. The van der Waals surface area contributed by atoms with Gasteiger partial charge in [0.15, 0.2) is 5.82 Å². The average molecular weight is 339 g/mol. The van der Waals surface area contributed by atoms with Crippen molar-refractivity contribution in [1.82, 2.24) is 9.97 Å². The van der Waals surface area contributed by atoms with Gasteiger partial charge in [-0.25, -0.2) is 9.97 Å². The molecule has 1 aromatic heterocycles. The Morgan fingerprint density at radius 1 is 1.04 bits per heavy atom. The molecule has 124 valence electrons. The fourth-order valence-electron chi connectivity index (χ4n) is 2.65. The SMILES string of the molecule is CSCC(CCO)Nc1nc(-c2ccccc2)nc2ccccc12. The monoisotopic (exact) mass is 339 g/mol. The van der Waals surface area contributed by atoms with Gasteiger partial charge in [0, 0.05) is 29.4 Å². The fraction of sp³-hybridized carbons (Fsp3) is 0.263. The molecule has 0 radical (unpaired) electrons. The predicted molar refractivity (Wildman–Crippen MR) is 102 cm³/mol. The van der Waals surface area contributed by atoms with Crippen LogP contribution in [0.15, 0.2) is 54.6 Å². The highest BCUT2D eigenvalue weighted by molar-refractivity contribution is 7.98. The van der Waals surface area contributed by atoms with Gasteiger partial charge in [0.2, 0.25) is 0 Å². The van der Waals surface area contributed by atoms with Gasteiger partial charge in [0.25, 0.3) is 0 Å². The van der Waals surface area contributed by atoms with E-state index in [0.717, 1.165) is 28.0 Å². The Hall–Kier alpha value is -2.11. The van der Waals surface area contributed by atoms with Crippen LogP contribution >= 0.6 is 11.8 Å². The van der Waals surface area contributed by atoms with Crippen LogP contribution in [0.1, 0.15) is 6.42 Å². The van der Waals surface area contributed by atoms with E-state index < -0.39 is 0 Å². The Labute approximate surface area is 146 Å². The van der Waals surface area contributed by atoms with Crippen LogP contribution in [0, 0.1) is 0 Å². The zero-order valence-corrected chi connectivity index (χ0v) is 14.5. The van der Waals surface area contributed by atoms with Crippen LogP contribution in [0.25, 0.3) is 22.3 Å². The number of anilines is 1. The first-order valence-corrected chi connectivity index (χ1v) is 9.39. The molecule has 3 rings (SSSR count). The molecule has 24 heavy (non-hydrogen) atoms. The minimum absolute atomic E-state index is 0.160. The molecule has 1 atom stereocenters. The third kappa shape index (κ3) is 3.86. The van der Waals surface area contributed by atoms with Crippen molar-refractivity contribution in [3.63, 3.8) is 0 Å². The van der Waals surface area contributed by atoms with E-state index in [1.54, 1.807) is 11.8 Å². The Balaban J connectivity index is 2.04. The minimum Gasteiger partial charge on any atom is -0.396 e. The highest BCUT2D eigenvalue weighted by Crippen LogP contribution is 2.25. The Morgan fingerprint density at radius 2 is 1.79 bits per heavy atom. The van der Waals surface area contributed by atoms with Gasteiger partial charge in [-0.1, -0.05) is 42.5 Å². The summed E-state index contributed by atoms with van der Waals surface area (Å²) >= 11 is 1.76. The summed E-state index contributed by atoms with van der Waals surface area (Å²) < 4.78 is 0. The molecule has 0 aliphatic heterocycles. The highest BCUT2D eigenvalue weighted by Gasteiger charge is 2.13. The first kappa shape index (κ1) is 16.7. The zero-order chi connectivity index (χ0) is 16.8. The van der Waals surface area contributed by atoms with Crippen LogP contribution in [-0.2, 0) is 0 Å². The van der Waals surface area contributed by atoms with E-state index in [2.05, 4.69) is 11.6 Å². The van der Waals surface area contributed by atoms with Crippen molar-refractivity contribution in [2.45, 2.75) is 12.5 Å². The van der Waals surface area contributed by atoms with Gasteiger partial charge < -0.3 is 10.4 Å². The second-order valence-corrected chi connectivity index (χ2v) is 6.50. The van der Waals surface area contributed by atoms with Crippen LogP contribution in [0.4, 0.5) is 5.82 Å². The van der Waals surface area contributed by atoms with Gasteiger partial charge >= 0.3 is 0 Å². The summed E-state index contributed by atoms with van der Waals surface area (Å²) in [5.41, 5.74) is 1.91. The number of aliphatic hydroxyl groups excluding tert-OH is 1. The standard InChI is InChI=1S/C19H21N3OS/c1-24-13-15(11-12-23)20-19-16-9-5-6-10-17(16)21-18(22-19)14-7-3-2-4-8-14/h2-10,15,23H,11-13H2,1H3,(H,20,21,22). The molecule has 0 saturated heterocycles. The van der Waals surface area contributed by atoms with E-state index in [0.29, 0.717) is 12.2 Å². The zero-order valence-electron chi connectivity index (χ0n) is 13.6. The van der Waals surface area contributed by atoms with Crippen LogP contribution in [0.5, 0.6) is 0 Å². The number of aromatic nitrogens is 2. The van der Waals surface area contributed by atoms with Gasteiger partial charge in [0.1, 0.15) is 5.82 Å². The molecule has 0 fully saturated rings. The Morgan fingerprint density at radius 3 is 2.54 bits per heavy atom. The summed E-state index contributed by atoms with van der Waals surface area (Å²) in [6.07, 6.45) is 2.76. The maximum Gasteiger partial charge on any atom is 0.162 e. The average Bonchev–Trinajstić information content (AvgIpc) is 2.63. The lowest BCUT2D eigenvalue weighted by atomic mass is 10.1. The first-order valence-electron chi connectivity index (χ1n) is 8.00. The van der Waals surface area contributed by atoms with Crippen LogP contribution in [-0.4, -0.2) is 39.7 Å². The molecule has 0 aliphatic carbocycles. The number of fused-ring (bicyclic) bond motifs is 1. The van der Waals surface area contributed by atoms with Crippen molar-refractivity contribution >= 4 is 28.5 Å². The molecular formula is C19H21N3OS. The topological polar surface area (TPSA) is 58.0 Å². The second-order valence-electron chi connectivity index (χ2n) is 5.59. The second kappa shape index (κ2) is 8.13. The van der Waals surface area contributed by atoms with Crippen molar-refractivity contribution in [2.24, 2.45) is 0 Å². The summed E-state index contributed by atoms with van der Waals surface area (Å²) in [7, 11) is 0. The summed E-state index contributed by atoms with van der Waals surface area (Å²) in [5, 5.41) is 13.8. The van der Waals surface area contributed by atoms with E-state index in [4.69, 9.17) is 9.97 Å². The highest BCUT2D eigenvalue weighted by atomic mass is 32.2. The number of nitrogens with zero attached hydrogens (tertiary/aromatic N) is 2. The number of aliphatic hydroxyl groups is 1. The molecule has 0 amide bonds. The van der Waals surface area contributed by atoms with E-state index in [1.165, 1.54) is 0 Å². The van der Waals surface area contributed by atoms with E-state index in [-0.39, 0.29) is 12.6 Å². The molecule has 0 spiro atoms. The van der Waals surface area contributed by atoms with Crippen molar-refractivity contribution < 1.29 is 5.11 Å². The smallest absolute Gasteiger partial charge is 0.162 e. The number of hydrogen-bond donors (Lipinski definition) is 2. The quantitative estimate of drug-likeness (QED) is 0.685. The molecule has 0 aliphatic rings. The molecule has 3 aromatic rings. The number of hydrogen-bond acceptors (Lipinski definition) is 5. The third-order valence-corrected chi connectivity index (χ3v) is 4.56. The largest absolute Gasteiger partial charge is 0.396 e. The molecule has 1 unspecified atom stereocenters. The lowest BCUT2D eigenvalue weighted by Crippen LogP contribution is -2.24. The Bertz CT molecular complexity index is 789. The number of benzene rings is 2. The molecule has 0 saturated carbocycles. The fourth-order valence-corrected chi connectivity index (χ4v) is 3.30. The molecule has 5 heteroatoms. The van der Waals surface area contributed by atoms with Crippen molar-refractivity contribution in [1.29, 1.82) is 0 Å². The van der Waals surface area contributed by atoms with Gasteiger partial charge in [-0.2, -0.15) is 11.8 Å². The van der Waals surface area contributed by atoms with E-state index in [1.807, 2.05) is 54.6 Å². The normalized spacial score (nSPS) is 12.2. The number of thioether (sulfide) groups is 1. The van der Waals surface area contributed by atoms with Gasteiger partial charge in [-0.15, -0.1) is 0 Å². The lowest BCUT2D eigenvalue weighted by Gasteiger charge is -2.19. The summed E-state index contributed by atoms with van der Waals surface area (Å²) in [4.78, 5) is 9.46. The van der Waals surface area contributed by atoms with Gasteiger partial charge in [-0.3, -0.25) is 0 Å². The third-order valence-electron chi connectivity index (χ3n) is 3.82. The Kier molecular flexibility index (Phi) is 5.67. The molecular weight excluding hydrogens is 318 g/mol. The maximum atomic E-state index is 9.31. The molecule has 1 heterocycles. The van der Waals surface area contributed by atoms with E-state index in [9.17, 15) is 5.11 Å². The van der Waals surface area contributed by atoms with Crippen molar-refractivity contribution in [3.05, 3.63) is 54.6 Å². The predicted octanol–water partition coefficient (Wildman–Crippen LogP) is 3.82. The summed E-state index contributed by atoms with van der Waals surface area (Å²) in [5.74, 6) is 2.45. The van der Waals surface area contributed by atoms with Gasteiger partial charge in [-0.05, 0) is 24.8 Å². The van der Waals surface area contributed by atoms with Crippen LogP contribution in [0.2, 0.25) is 0 Å². The number of para-hydroxylation sites is 1. The minimum atomic E-state index is 0.160. The van der Waals surface area contributed by atoms with E-state index >= 15 is 0 Å². The van der Waals surface area contributed by atoms with Crippen molar-refractivity contribution in [2.75, 3.05) is 23.9 Å². The van der Waals surface area contributed by atoms with Gasteiger partial charge in [0.05, 0.1) is 5.52 Å². The number of nitrogens with one attached hydrogen (secondary N) is 1. The number of rotatable bonds is 7. The molecule has 2 aromatic carbocycles. The van der Waals surface area contributed by atoms with Crippen molar-refractivity contribution in [3.8, 4) is 11.4 Å². The maximum absolute atomic E-state index is 9.31. The first-order chi connectivity index (χ1) is 11.8. The molecule has 0 bridgehead atoms. The molecule has 4 nitrogen and oxygen atoms in total. The van der Waals surface area contributed by atoms with Crippen LogP contribution < -0.4 is 5.32 Å². The molecule has 2 N–H and O–H groups in total. The summed E-state index contributed by atoms with van der Waals surface area (Å²) in [6, 6.07) is 18.2. The van der Waals surface area contributed by atoms with Crippen LogP contribution in [0.3, 0.4) is 0 Å². The summed E-state index contributed by atoms with van der Waals surface area (Å²) in [6.45, 7) is 0.160.